The van der Waals surface area contributed by atoms with Crippen molar-refractivity contribution in [2.24, 2.45) is 0 Å². The summed E-state index contributed by atoms with van der Waals surface area (Å²) in [5, 5.41) is 17.8. The van der Waals surface area contributed by atoms with Crippen molar-refractivity contribution in [1.82, 2.24) is 4.90 Å². The number of nitrogens with zero attached hydrogens (tertiary/aromatic N) is 1. The Kier molecular flexibility index (Phi) is 4.79. The summed E-state index contributed by atoms with van der Waals surface area (Å²) in [6.07, 6.45) is 0.909. The van der Waals surface area contributed by atoms with Gasteiger partial charge < -0.3 is 10.2 Å². The third-order valence-electron chi connectivity index (χ3n) is 1.31. The molecule has 0 aliphatic heterocycles. The number of carbonyl (C=O) groups is 1. The van der Waals surface area contributed by atoms with Crippen molar-refractivity contribution in [3.05, 3.63) is 25.3 Å². The molecule has 0 aliphatic carbocycles. The molecule has 1 unspecified atom stereocenters. The van der Waals surface area contributed by atoms with Crippen LogP contribution in [0.4, 0.5) is 4.79 Å². The Morgan fingerprint density at radius 1 is 1.50 bits per heavy atom. The molecule has 2 N–H and O–H groups in total. The SMILES string of the molecule is C=CCC(O)N(CC=C)C(=O)O. The largest absolute Gasteiger partial charge is 0.465 e. The Morgan fingerprint density at radius 2 is 2.08 bits per heavy atom. The first-order valence-corrected chi connectivity index (χ1v) is 3.53. The van der Waals surface area contributed by atoms with Crippen LogP contribution in [0.5, 0.6) is 0 Å². The molecule has 68 valence electrons. The molecule has 0 bridgehead atoms. The van der Waals surface area contributed by atoms with Crippen molar-refractivity contribution in [1.29, 1.82) is 0 Å². The first-order valence-electron chi connectivity index (χ1n) is 3.53. The highest BCUT2D eigenvalue weighted by atomic mass is 16.4. The number of hydrogen-bond acceptors (Lipinski definition) is 2. The molecule has 12 heavy (non-hydrogen) atoms. The third kappa shape index (κ3) is 3.21. The molecule has 0 spiro atoms. The minimum absolute atomic E-state index is 0.115. The zero-order valence-electron chi connectivity index (χ0n) is 6.81. The fraction of sp³-hybridized carbons (Fsp3) is 0.375. The molecule has 0 aromatic heterocycles. The van der Waals surface area contributed by atoms with Crippen molar-refractivity contribution in [2.45, 2.75) is 12.6 Å². The summed E-state index contributed by atoms with van der Waals surface area (Å²) < 4.78 is 0. The van der Waals surface area contributed by atoms with Crippen LogP contribution in [0.15, 0.2) is 25.3 Å². The Hall–Kier alpha value is -1.29. The van der Waals surface area contributed by atoms with E-state index in [0.717, 1.165) is 4.90 Å². The topological polar surface area (TPSA) is 60.8 Å². The van der Waals surface area contributed by atoms with Gasteiger partial charge in [-0.15, -0.1) is 13.2 Å². The predicted octanol–water partition coefficient (Wildman–Crippen LogP) is 1.05. The van der Waals surface area contributed by atoms with E-state index < -0.39 is 12.3 Å². The maximum Gasteiger partial charge on any atom is 0.409 e. The van der Waals surface area contributed by atoms with Crippen molar-refractivity contribution in [2.75, 3.05) is 6.54 Å². The van der Waals surface area contributed by atoms with E-state index in [-0.39, 0.29) is 13.0 Å². The summed E-state index contributed by atoms with van der Waals surface area (Å²) >= 11 is 0. The van der Waals surface area contributed by atoms with Gasteiger partial charge in [-0.05, 0) is 0 Å². The number of hydrogen-bond donors (Lipinski definition) is 2. The quantitative estimate of drug-likeness (QED) is 0.480. The maximum absolute atomic E-state index is 10.5. The van der Waals surface area contributed by atoms with Gasteiger partial charge in [0.05, 0.1) is 0 Å². The molecule has 0 aromatic carbocycles. The predicted molar refractivity (Wildman–Crippen MR) is 45.7 cm³/mol. The highest BCUT2D eigenvalue weighted by molar-refractivity contribution is 5.65. The average molecular weight is 171 g/mol. The van der Waals surface area contributed by atoms with Gasteiger partial charge in [0.25, 0.3) is 0 Å². The van der Waals surface area contributed by atoms with Gasteiger partial charge in [-0.25, -0.2) is 4.79 Å². The number of rotatable bonds is 5. The van der Waals surface area contributed by atoms with Gasteiger partial charge in [-0.1, -0.05) is 12.2 Å². The van der Waals surface area contributed by atoms with Gasteiger partial charge in [0, 0.05) is 13.0 Å². The Balaban J connectivity index is 4.16. The molecule has 0 heterocycles. The number of aliphatic hydroxyl groups is 1. The minimum Gasteiger partial charge on any atom is -0.465 e. The molecular formula is C8H13NO3. The molecule has 0 aliphatic rings. The lowest BCUT2D eigenvalue weighted by atomic mass is 10.3. The summed E-state index contributed by atoms with van der Waals surface area (Å²) in [6, 6.07) is 0. The van der Waals surface area contributed by atoms with E-state index >= 15 is 0 Å². The van der Waals surface area contributed by atoms with Crippen molar-refractivity contribution < 1.29 is 15.0 Å². The zero-order valence-corrected chi connectivity index (χ0v) is 6.81. The Labute approximate surface area is 71.4 Å². The number of carboxylic acid groups (broad SMARTS) is 1. The van der Waals surface area contributed by atoms with E-state index in [0.29, 0.717) is 0 Å². The Bertz CT molecular complexity index is 179. The van der Waals surface area contributed by atoms with Gasteiger partial charge in [-0.3, -0.25) is 4.90 Å². The van der Waals surface area contributed by atoms with Crippen LogP contribution >= 0.6 is 0 Å². The van der Waals surface area contributed by atoms with Crippen LogP contribution in [-0.4, -0.2) is 34.0 Å². The fourth-order valence-corrected chi connectivity index (χ4v) is 0.743. The van der Waals surface area contributed by atoms with Gasteiger partial charge >= 0.3 is 6.09 Å². The van der Waals surface area contributed by atoms with Crippen LogP contribution < -0.4 is 0 Å². The van der Waals surface area contributed by atoms with Gasteiger partial charge in [0.1, 0.15) is 6.23 Å². The number of amides is 1. The summed E-state index contributed by atoms with van der Waals surface area (Å²) in [6.45, 7) is 6.90. The first-order chi connectivity index (χ1) is 5.63. The van der Waals surface area contributed by atoms with E-state index in [9.17, 15) is 9.90 Å². The second-order valence-electron chi connectivity index (χ2n) is 2.23. The van der Waals surface area contributed by atoms with Crippen LogP contribution in [0.2, 0.25) is 0 Å². The monoisotopic (exact) mass is 171 g/mol. The maximum atomic E-state index is 10.5. The lowest BCUT2D eigenvalue weighted by molar-refractivity contribution is 0.0213. The molecule has 1 atom stereocenters. The fourth-order valence-electron chi connectivity index (χ4n) is 0.743. The van der Waals surface area contributed by atoms with E-state index in [4.69, 9.17) is 5.11 Å². The van der Waals surface area contributed by atoms with Crippen molar-refractivity contribution >= 4 is 6.09 Å². The molecule has 4 nitrogen and oxygen atoms in total. The molecule has 1 amide bonds. The molecule has 4 heteroatoms. The van der Waals surface area contributed by atoms with Crippen LogP contribution in [0.25, 0.3) is 0 Å². The molecule has 0 aromatic rings. The molecule has 0 saturated heterocycles. The van der Waals surface area contributed by atoms with Crippen LogP contribution in [0.3, 0.4) is 0 Å². The summed E-state index contributed by atoms with van der Waals surface area (Å²) in [7, 11) is 0. The molecule has 0 saturated carbocycles. The third-order valence-corrected chi connectivity index (χ3v) is 1.31. The average Bonchev–Trinajstić information content (AvgIpc) is 1.99. The highest BCUT2D eigenvalue weighted by Gasteiger charge is 2.17. The normalized spacial score (nSPS) is 11.8. The highest BCUT2D eigenvalue weighted by Crippen LogP contribution is 2.01. The first kappa shape index (κ1) is 10.7. The minimum atomic E-state index is -1.16. The van der Waals surface area contributed by atoms with Gasteiger partial charge in [0.2, 0.25) is 0 Å². The standard InChI is InChI=1S/C8H13NO3/c1-3-5-7(10)9(6-4-2)8(11)12/h3-4,7,10H,1-2,5-6H2,(H,11,12). The second-order valence-corrected chi connectivity index (χ2v) is 2.23. The van der Waals surface area contributed by atoms with E-state index in [1.54, 1.807) is 0 Å². The lowest BCUT2D eigenvalue weighted by Gasteiger charge is -2.22. The Morgan fingerprint density at radius 3 is 2.42 bits per heavy atom. The van der Waals surface area contributed by atoms with Crippen LogP contribution in [0, 0.1) is 0 Å². The number of aliphatic hydroxyl groups excluding tert-OH is 1. The summed E-state index contributed by atoms with van der Waals surface area (Å²) in [4.78, 5) is 11.4. The molecule has 0 radical (unpaired) electrons. The molecule has 0 fully saturated rings. The zero-order chi connectivity index (χ0) is 9.56. The van der Waals surface area contributed by atoms with E-state index in [1.807, 2.05) is 0 Å². The van der Waals surface area contributed by atoms with Crippen molar-refractivity contribution in [3.8, 4) is 0 Å². The van der Waals surface area contributed by atoms with Gasteiger partial charge in [-0.2, -0.15) is 0 Å². The van der Waals surface area contributed by atoms with Gasteiger partial charge in [0.15, 0.2) is 0 Å². The summed E-state index contributed by atoms with van der Waals surface area (Å²) in [5.41, 5.74) is 0. The summed E-state index contributed by atoms with van der Waals surface area (Å²) in [5.74, 6) is 0. The van der Waals surface area contributed by atoms with Crippen molar-refractivity contribution in [3.63, 3.8) is 0 Å². The van der Waals surface area contributed by atoms with Crippen LogP contribution in [-0.2, 0) is 0 Å². The van der Waals surface area contributed by atoms with E-state index in [2.05, 4.69) is 13.2 Å². The lowest BCUT2D eigenvalue weighted by Crippen LogP contribution is -2.39. The van der Waals surface area contributed by atoms with Crippen LogP contribution in [0.1, 0.15) is 6.42 Å². The van der Waals surface area contributed by atoms with E-state index in [1.165, 1.54) is 12.2 Å². The smallest absolute Gasteiger partial charge is 0.409 e. The molecular weight excluding hydrogens is 158 g/mol. The second kappa shape index (κ2) is 5.37. The molecule has 0 rings (SSSR count).